The highest BCUT2D eigenvalue weighted by Crippen LogP contribution is 2.21. The summed E-state index contributed by atoms with van der Waals surface area (Å²) in [5, 5.41) is 5.50. The Morgan fingerprint density at radius 1 is 1.18 bits per heavy atom. The molecule has 1 aliphatic rings. The maximum Gasteiger partial charge on any atom is 0.408 e. The highest BCUT2D eigenvalue weighted by atomic mass is 16.6. The molecule has 0 aliphatic carbocycles. The van der Waals surface area contributed by atoms with Gasteiger partial charge in [-0.1, -0.05) is 32.9 Å². The standard InChI is InChI=1S/C21H37N3O4/c1-14(2)13-16(23-20(27)28-21(4,5)6)11-10-15(3)19(26)24-12-8-9-17(24)18(25)22-7/h10-11,14-17H,8-9,12-13H2,1-7H3,(H,22,25)(H,23,27)/b11-10+/t15-,16+,17+/m0/s1. The molecule has 3 amide bonds. The van der Waals surface area contributed by atoms with Crippen LogP contribution in [0.2, 0.25) is 0 Å². The number of carbonyl (C=O) groups excluding carboxylic acids is 3. The van der Waals surface area contributed by atoms with Crippen molar-refractivity contribution in [1.82, 2.24) is 15.5 Å². The lowest BCUT2D eigenvalue weighted by Gasteiger charge is -2.26. The Morgan fingerprint density at radius 3 is 2.36 bits per heavy atom. The highest BCUT2D eigenvalue weighted by Gasteiger charge is 2.34. The molecule has 0 aromatic carbocycles. The van der Waals surface area contributed by atoms with E-state index in [-0.39, 0.29) is 29.8 Å². The van der Waals surface area contributed by atoms with E-state index in [1.165, 1.54) is 0 Å². The van der Waals surface area contributed by atoms with Crippen molar-refractivity contribution in [2.24, 2.45) is 11.8 Å². The summed E-state index contributed by atoms with van der Waals surface area (Å²) in [6, 6.07) is -0.613. The smallest absolute Gasteiger partial charge is 0.408 e. The van der Waals surface area contributed by atoms with Crippen LogP contribution in [0.1, 0.15) is 60.8 Å². The van der Waals surface area contributed by atoms with Gasteiger partial charge in [0.25, 0.3) is 0 Å². The van der Waals surface area contributed by atoms with Crippen molar-refractivity contribution >= 4 is 17.9 Å². The molecular weight excluding hydrogens is 358 g/mol. The summed E-state index contributed by atoms with van der Waals surface area (Å²) >= 11 is 0. The monoisotopic (exact) mass is 395 g/mol. The molecule has 0 aromatic heterocycles. The van der Waals surface area contributed by atoms with Gasteiger partial charge in [0.15, 0.2) is 0 Å². The van der Waals surface area contributed by atoms with Crippen LogP contribution in [0.15, 0.2) is 12.2 Å². The minimum absolute atomic E-state index is 0.0667. The second kappa shape index (κ2) is 10.5. The normalized spacial score (nSPS) is 19.6. The zero-order valence-corrected chi connectivity index (χ0v) is 18.4. The Bertz CT molecular complexity index is 581. The van der Waals surface area contributed by atoms with E-state index in [9.17, 15) is 14.4 Å². The van der Waals surface area contributed by atoms with Crippen molar-refractivity contribution in [3.8, 4) is 0 Å². The Labute approximate surface area is 169 Å². The first-order valence-electron chi connectivity index (χ1n) is 10.1. The fraction of sp³-hybridized carbons (Fsp3) is 0.762. The lowest BCUT2D eigenvalue weighted by atomic mass is 10.0. The maximum absolute atomic E-state index is 12.8. The fourth-order valence-electron chi connectivity index (χ4n) is 3.27. The number of rotatable bonds is 7. The summed E-state index contributed by atoms with van der Waals surface area (Å²) in [6.45, 7) is 12.0. The van der Waals surface area contributed by atoms with Crippen LogP contribution in [0.25, 0.3) is 0 Å². The second-order valence-electron chi connectivity index (χ2n) is 8.86. The number of carbonyl (C=O) groups is 3. The van der Waals surface area contributed by atoms with Crippen LogP contribution >= 0.6 is 0 Å². The van der Waals surface area contributed by atoms with E-state index in [1.54, 1.807) is 11.9 Å². The fourth-order valence-corrected chi connectivity index (χ4v) is 3.27. The first-order valence-corrected chi connectivity index (χ1v) is 10.1. The van der Waals surface area contributed by atoms with Crippen molar-refractivity contribution in [2.75, 3.05) is 13.6 Å². The molecule has 0 bridgehead atoms. The van der Waals surface area contributed by atoms with Crippen LogP contribution in [0.3, 0.4) is 0 Å². The summed E-state index contributed by atoms with van der Waals surface area (Å²) in [6.07, 6.45) is 5.46. The summed E-state index contributed by atoms with van der Waals surface area (Å²) < 4.78 is 5.33. The predicted molar refractivity (Wildman–Crippen MR) is 110 cm³/mol. The summed E-state index contributed by atoms with van der Waals surface area (Å²) in [7, 11) is 1.59. The van der Waals surface area contributed by atoms with Crippen molar-refractivity contribution in [1.29, 1.82) is 0 Å². The zero-order valence-electron chi connectivity index (χ0n) is 18.4. The molecule has 1 heterocycles. The van der Waals surface area contributed by atoms with Crippen molar-refractivity contribution in [2.45, 2.75) is 78.5 Å². The van der Waals surface area contributed by atoms with Gasteiger partial charge in [-0.25, -0.2) is 4.79 Å². The number of amides is 3. The lowest BCUT2D eigenvalue weighted by molar-refractivity contribution is -0.139. The third kappa shape index (κ3) is 7.90. The highest BCUT2D eigenvalue weighted by molar-refractivity contribution is 5.89. The molecule has 0 aromatic rings. The number of hydrogen-bond acceptors (Lipinski definition) is 4. The van der Waals surface area contributed by atoms with E-state index >= 15 is 0 Å². The second-order valence-corrected chi connectivity index (χ2v) is 8.86. The van der Waals surface area contributed by atoms with Crippen LogP contribution in [0, 0.1) is 11.8 Å². The predicted octanol–water partition coefficient (Wildman–Crippen LogP) is 2.86. The molecule has 1 aliphatic heterocycles. The van der Waals surface area contributed by atoms with Gasteiger partial charge in [-0.3, -0.25) is 9.59 Å². The Kier molecular flexibility index (Phi) is 8.98. The van der Waals surface area contributed by atoms with Crippen LogP contribution in [-0.2, 0) is 14.3 Å². The van der Waals surface area contributed by atoms with Crippen LogP contribution in [0.5, 0.6) is 0 Å². The van der Waals surface area contributed by atoms with Crippen molar-refractivity contribution < 1.29 is 19.1 Å². The van der Waals surface area contributed by atoms with Gasteiger partial charge < -0.3 is 20.3 Å². The molecular formula is C21H37N3O4. The molecule has 3 atom stereocenters. The first kappa shape index (κ1) is 24.0. The lowest BCUT2D eigenvalue weighted by Crippen LogP contribution is -2.46. The van der Waals surface area contributed by atoms with Gasteiger partial charge in [-0.15, -0.1) is 0 Å². The third-order valence-electron chi connectivity index (χ3n) is 4.53. The van der Waals surface area contributed by atoms with Gasteiger partial charge in [-0.05, 0) is 46.0 Å². The molecule has 1 fully saturated rings. The summed E-state index contributed by atoms with van der Waals surface area (Å²) in [4.78, 5) is 38.6. The van der Waals surface area contributed by atoms with E-state index in [4.69, 9.17) is 4.74 Å². The van der Waals surface area contributed by atoms with E-state index < -0.39 is 11.7 Å². The number of likely N-dealkylation sites (tertiary alicyclic amines) is 1. The molecule has 28 heavy (non-hydrogen) atoms. The average Bonchev–Trinajstić information content (AvgIpc) is 3.05. The first-order chi connectivity index (χ1) is 12.9. The summed E-state index contributed by atoms with van der Waals surface area (Å²) in [5.74, 6) is -0.193. The van der Waals surface area contributed by atoms with Gasteiger partial charge in [-0.2, -0.15) is 0 Å². The number of likely N-dealkylation sites (N-methyl/N-ethyl adjacent to an activating group) is 1. The van der Waals surface area contributed by atoms with E-state index in [1.807, 2.05) is 39.8 Å². The third-order valence-corrected chi connectivity index (χ3v) is 4.53. The van der Waals surface area contributed by atoms with Crippen LogP contribution in [-0.4, -0.2) is 54.1 Å². The van der Waals surface area contributed by atoms with Gasteiger partial charge in [0, 0.05) is 13.6 Å². The van der Waals surface area contributed by atoms with Crippen LogP contribution in [0.4, 0.5) is 4.79 Å². The Hall–Kier alpha value is -2.05. The number of nitrogens with one attached hydrogen (secondary N) is 2. The number of hydrogen-bond donors (Lipinski definition) is 2. The molecule has 1 rings (SSSR count). The SMILES string of the molecule is CNC(=O)[C@H]1CCCN1C(=O)[C@@H](C)/C=C/[C@H](CC(C)C)NC(=O)OC(C)(C)C. The number of nitrogens with zero attached hydrogens (tertiary/aromatic N) is 1. The van der Waals surface area contributed by atoms with Gasteiger partial charge >= 0.3 is 6.09 Å². The van der Waals surface area contributed by atoms with E-state index in [0.29, 0.717) is 18.9 Å². The molecule has 2 N–H and O–H groups in total. The molecule has 7 nitrogen and oxygen atoms in total. The topological polar surface area (TPSA) is 87.7 Å². The minimum atomic E-state index is -0.565. The molecule has 1 saturated heterocycles. The van der Waals surface area contributed by atoms with Crippen molar-refractivity contribution in [3.05, 3.63) is 12.2 Å². The van der Waals surface area contributed by atoms with E-state index in [0.717, 1.165) is 12.8 Å². The molecule has 0 spiro atoms. The molecule has 0 radical (unpaired) electrons. The van der Waals surface area contributed by atoms with Crippen LogP contribution < -0.4 is 10.6 Å². The van der Waals surface area contributed by atoms with E-state index in [2.05, 4.69) is 24.5 Å². The molecule has 0 saturated carbocycles. The van der Waals surface area contributed by atoms with Gasteiger partial charge in [0.2, 0.25) is 11.8 Å². The maximum atomic E-state index is 12.8. The number of alkyl carbamates (subject to hydrolysis) is 1. The largest absolute Gasteiger partial charge is 0.444 e. The minimum Gasteiger partial charge on any atom is -0.444 e. The molecule has 7 heteroatoms. The van der Waals surface area contributed by atoms with Crippen molar-refractivity contribution in [3.63, 3.8) is 0 Å². The van der Waals surface area contributed by atoms with Gasteiger partial charge in [0.05, 0.1) is 12.0 Å². The Morgan fingerprint density at radius 2 is 1.82 bits per heavy atom. The number of ether oxygens (including phenoxy) is 1. The summed E-state index contributed by atoms with van der Waals surface area (Å²) in [5.41, 5.74) is -0.565. The zero-order chi connectivity index (χ0) is 21.5. The molecule has 0 unspecified atom stereocenters. The Balaban J connectivity index is 2.77. The van der Waals surface area contributed by atoms with Gasteiger partial charge in [0.1, 0.15) is 11.6 Å². The average molecular weight is 396 g/mol. The quantitative estimate of drug-likeness (QED) is 0.649. The molecule has 160 valence electrons.